The minimum atomic E-state index is -3.72. The monoisotopic (exact) mass is 614 g/mol. The van der Waals surface area contributed by atoms with Crippen LogP contribution in [0.25, 0.3) is 16.9 Å². The van der Waals surface area contributed by atoms with Crippen molar-refractivity contribution >= 4 is 35.1 Å². The lowest BCUT2D eigenvalue weighted by Gasteiger charge is -2.21. The number of carbonyl (C=O) groups is 3. The lowest BCUT2D eigenvalue weighted by Crippen LogP contribution is -2.35. The first-order chi connectivity index (χ1) is 20.5. The Morgan fingerprint density at radius 3 is 2.79 bits per heavy atom. The molecule has 5 rings (SSSR count). The highest BCUT2D eigenvalue weighted by Crippen LogP contribution is 2.34. The van der Waals surface area contributed by atoms with Crippen LogP contribution in [0.1, 0.15) is 52.7 Å². The average molecular weight is 615 g/mol. The van der Waals surface area contributed by atoms with Crippen LogP contribution in [0.5, 0.6) is 0 Å². The first kappa shape index (κ1) is 29.8. The van der Waals surface area contributed by atoms with Crippen molar-refractivity contribution in [3.8, 4) is 16.9 Å². The zero-order valence-corrected chi connectivity index (χ0v) is 23.8. The van der Waals surface area contributed by atoms with Gasteiger partial charge in [-0.1, -0.05) is 29.8 Å². The molecule has 0 fully saturated rings. The van der Waals surface area contributed by atoms with Gasteiger partial charge in [0.05, 0.1) is 59.6 Å². The molecule has 2 amide bonds. The van der Waals surface area contributed by atoms with E-state index in [0.717, 1.165) is 0 Å². The highest BCUT2D eigenvalue weighted by molar-refractivity contribution is 6.30. The standard InChI is InChI=1S/C29H26ClF3N6O4/c1-15-18(13-35-39(15)23-7-3-5-19(30)25(23)31)27(41)37-20-6-4-10-29(32,33)28(42)38-21-11-16(12-24(40)43-2)8-9-17(21)22-14-34-26(20)36-22/h3,5,7-9,11,13-14,20H,4,6,10,12H2,1-2H3,(H,34,36)(H,37,41)(H,38,42)/t20-/m0/s1. The molecule has 0 spiro atoms. The molecule has 1 aliphatic rings. The molecule has 10 nitrogen and oxygen atoms in total. The summed E-state index contributed by atoms with van der Waals surface area (Å²) in [7, 11) is 1.23. The third-order valence-corrected chi connectivity index (χ3v) is 7.45. The average Bonchev–Trinajstić information content (AvgIpc) is 3.61. The number of amides is 2. The number of rotatable bonds is 5. The summed E-state index contributed by atoms with van der Waals surface area (Å²) in [6.45, 7) is 1.58. The van der Waals surface area contributed by atoms with Crippen molar-refractivity contribution in [3.63, 3.8) is 0 Å². The number of H-pyrrole nitrogens is 1. The zero-order chi connectivity index (χ0) is 30.9. The third-order valence-electron chi connectivity index (χ3n) is 7.16. The first-order valence-corrected chi connectivity index (χ1v) is 13.6. The maximum absolute atomic E-state index is 14.9. The van der Waals surface area contributed by atoms with Crippen molar-refractivity contribution in [3.05, 3.63) is 82.3 Å². The highest BCUT2D eigenvalue weighted by atomic mass is 35.5. The van der Waals surface area contributed by atoms with E-state index < -0.39 is 42.0 Å². The van der Waals surface area contributed by atoms with E-state index in [1.807, 2.05) is 0 Å². The Balaban J connectivity index is 1.47. The van der Waals surface area contributed by atoms with E-state index in [4.69, 9.17) is 11.6 Å². The van der Waals surface area contributed by atoms with Crippen LogP contribution in [-0.2, 0) is 20.7 Å². The lowest BCUT2D eigenvalue weighted by atomic mass is 10.0. The number of ether oxygens (including phenoxy) is 1. The second-order valence-electron chi connectivity index (χ2n) is 10.0. The van der Waals surface area contributed by atoms with E-state index in [0.29, 0.717) is 28.3 Å². The van der Waals surface area contributed by atoms with E-state index in [-0.39, 0.29) is 41.2 Å². The number of aromatic amines is 1. The SMILES string of the molecule is COC(=O)Cc1ccc2c(c1)NC(=O)C(F)(F)CCC[C@H](NC(=O)c1cnn(-c3cccc(Cl)c3F)c1C)c1ncc-2[nH]1. The fourth-order valence-corrected chi connectivity index (χ4v) is 5.00. The quantitative estimate of drug-likeness (QED) is 0.261. The predicted molar refractivity (Wildman–Crippen MR) is 151 cm³/mol. The molecule has 3 N–H and O–H groups in total. The van der Waals surface area contributed by atoms with Crippen LogP contribution in [0.4, 0.5) is 18.9 Å². The van der Waals surface area contributed by atoms with Crippen LogP contribution < -0.4 is 10.6 Å². The summed E-state index contributed by atoms with van der Waals surface area (Å²) in [5, 5.41) is 9.14. The number of esters is 1. The molecule has 14 heteroatoms. The summed E-state index contributed by atoms with van der Waals surface area (Å²) in [5.74, 6) is -6.74. The second kappa shape index (κ2) is 11.9. The topological polar surface area (TPSA) is 131 Å². The van der Waals surface area contributed by atoms with Gasteiger partial charge < -0.3 is 20.4 Å². The summed E-state index contributed by atoms with van der Waals surface area (Å²) in [6, 6.07) is 8.16. The van der Waals surface area contributed by atoms with E-state index in [1.54, 1.807) is 25.1 Å². The van der Waals surface area contributed by atoms with Gasteiger partial charge in [0, 0.05) is 12.0 Å². The number of hydrogen-bond donors (Lipinski definition) is 3. The smallest absolute Gasteiger partial charge is 0.324 e. The molecular formula is C29H26ClF3N6O4. The number of aromatic nitrogens is 4. The number of fused-ring (bicyclic) bond motifs is 4. The van der Waals surface area contributed by atoms with E-state index in [9.17, 15) is 27.6 Å². The normalized spacial score (nSPS) is 16.3. The van der Waals surface area contributed by atoms with Gasteiger partial charge in [0.1, 0.15) is 11.5 Å². The molecule has 0 radical (unpaired) electrons. The minimum absolute atomic E-state index is 0.0304. The first-order valence-electron chi connectivity index (χ1n) is 13.2. The summed E-state index contributed by atoms with van der Waals surface area (Å²) in [4.78, 5) is 45.3. The van der Waals surface area contributed by atoms with Crippen molar-refractivity contribution in [1.82, 2.24) is 25.1 Å². The Kier molecular flexibility index (Phi) is 8.27. The summed E-state index contributed by atoms with van der Waals surface area (Å²) < 4.78 is 50.4. The van der Waals surface area contributed by atoms with Gasteiger partial charge in [-0.3, -0.25) is 14.4 Å². The van der Waals surface area contributed by atoms with Gasteiger partial charge in [-0.25, -0.2) is 14.1 Å². The Bertz CT molecular complexity index is 1720. The molecule has 2 aromatic heterocycles. The van der Waals surface area contributed by atoms with E-state index in [1.165, 1.54) is 42.4 Å². The van der Waals surface area contributed by atoms with Gasteiger partial charge in [-0.05, 0) is 43.5 Å². The van der Waals surface area contributed by atoms with Gasteiger partial charge in [0.2, 0.25) is 0 Å². The van der Waals surface area contributed by atoms with Crippen molar-refractivity contribution in [1.29, 1.82) is 0 Å². The number of methoxy groups -OCH3 is 1. The number of anilines is 1. The number of imidazole rings is 1. The number of nitrogens with one attached hydrogen (secondary N) is 3. The molecular weight excluding hydrogens is 589 g/mol. The minimum Gasteiger partial charge on any atom is -0.469 e. The number of hydrogen-bond acceptors (Lipinski definition) is 6. The Labute approximate surface area is 248 Å². The van der Waals surface area contributed by atoms with Crippen LogP contribution in [-0.4, -0.2) is 50.6 Å². The number of benzene rings is 2. The Morgan fingerprint density at radius 2 is 2.02 bits per heavy atom. The van der Waals surface area contributed by atoms with Crippen LogP contribution in [0.3, 0.4) is 0 Å². The third kappa shape index (κ3) is 6.12. The van der Waals surface area contributed by atoms with Gasteiger partial charge in [0.15, 0.2) is 5.82 Å². The predicted octanol–water partition coefficient (Wildman–Crippen LogP) is 5.31. The molecule has 3 heterocycles. The fourth-order valence-electron chi connectivity index (χ4n) is 4.83. The van der Waals surface area contributed by atoms with Crippen molar-refractivity contribution in [2.24, 2.45) is 0 Å². The Morgan fingerprint density at radius 1 is 1.23 bits per heavy atom. The zero-order valence-electron chi connectivity index (χ0n) is 23.0. The largest absolute Gasteiger partial charge is 0.469 e. The van der Waals surface area contributed by atoms with Gasteiger partial charge >= 0.3 is 11.9 Å². The van der Waals surface area contributed by atoms with Crippen LogP contribution in [0.2, 0.25) is 5.02 Å². The maximum atomic E-state index is 14.9. The second-order valence-corrected chi connectivity index (χ2v) is 10.4. The molecule has 2 bridgehead atoms. The molecule has 0 saturated heterocycles. The fraction of sp³-hybridized carbons (Fsp3) is 0.276. The molecule has 0 saturated carbocycles. The van der Waals surface area contributed by atoms with Crippen molar-refractivity contribution in [2.75, 3.05) is 12.4 Å². The number of nitrogens with zero attached hydrogens (tertiary/aromatic N) is 3. The van der Waals surface area contributed by atoms with Gasteiger partial charge in [-0.15, -0.1) is 0 Å². The summed E-state index contributed by atoms with van der Waals surface area (Å²) >= 11 is 5.90. The molecule has 4 aromatic rings. The molecule has 2 aromatic carbocycles. The summed E-state index contributed by atoms with van der Waals surface area (Å²) in [5.41, 5.74) is 1.75. The van der Waals surface area contributed by atoms with Crippen molar-refractivity contribution < 1.29 is 32.3 Å². The number of alkyl halides is 2. The lowest BCUT2D eigenvalue weighted by molar-refractivity contribution is -0.140. The maximum Gasteiger partial charge on any atom is 0.324 e. The molecule has 1 aliphatic heterocycles. The summed E-state index contributed by atoms with van der Waals surface area (Å²) in [6.07, 6.45) is 1.71. The molecule has 0 unspecified atom stereocenters. The van der Waals surface area contributed by atoms with Crippen LogP contribution in [0, 0.1) is 12.7 Å². The van der Waals surface area contributed by atoms with Crippen molar-refractivity contribution in [2.45, 2.75) is 44.6 Å². The Hall–Kier alpha value is -4.65. The van der Waals surface area contributed by atoms with Crippen LogP contribution >= 0.6 is 11.6 Å². The highest BCUT2D eigenvalue weighted by Gasteiger charge is 2.39. The van der Waals surface area contributed by atoms with Gasteiger partial charge in [0.25, 0.3) is 11.8 Å². The molecule has 1 atom stereocenters. The molecule has 43 heavy (non-hydrogen) atoms. The number of carbonyl (C=O) groups excluding carboxylic acids is 3. The molecule has 0 aliphatic carbocycles. The molecule has 224 valence electrons. The van der Waals surface area contributed by atoms with E-state index in [2.05, 4.69) is 30.4 Å². The van der Waals surface area contributed by atoms with Gasteiger partial charge in [-0.2, -0.15) is 13.9 Å². The number of halogens is 4. The van der Waals surface area contributed by atoms with E-state index >= 15 is 0 Å². The van der Waals surface area contributed by atoms with Crippen LogP contribution in [0.15, 0.2) is 48.8 Å².